The molecule has 0 aromatic carbocycles. The fourth-order valence-corrected chi connectivity index (χ4v) is 7.37. The lowest BCUT2D eigenvalue weighted by molar-refractivity contribution is -0.220. The number of rotatable bonds is 36. The number of carbonyl (C=O) groups is 2. The van der Waals surface area contributed by atoms with Crippen LogP contribution in [0.1, 0.15) is 149 Å². The molecular weight excluding hydrogens is 819 g/mol. The van der Waals surface area contributed by atoms with E-state index < -0.39 is 81.8 Å². The number of ether oxygens (including phenoxy) is 2. The minimum atomic E-state index is -5.15. The molecule has 1 saturated carbocycles. The molecular formula is C47H79O14P. The molecule has 0 aromatic rings. The molecule has 9 atom stereocenters. The first-order valence-corrected chi connectivity index (χ1v) is 24.3. The molecule has 1 aliphatic rings. The topological polar surface area (TPSA) is 230 Å². The zero-order chi connectivity index (χ0) is 45.9. The Hall–Kier alpha value is -2.75. The van der Waals surface area contributed by atoms with Crippen molar-refractivity contribution in [2.24, 2.45) is 0 Å². The molecule has 1 rings (SSSR count). The predicted molar refractivity (Wildman–Crippen MR) is 241 cm³/mol. The highest BCUT2D eigenvalue weighted by molar-refractivity contribution is 7.47. The highest BCUT2D eigenvalue weighted by Crippen LogP contribution is 2.47. The van der Waals surface area contributed by atoms with E-state index in [4.69, 9.17) is 18.5 Å². The lowest BCUT2D eigenvalue weighted by atomic mass is 9.85. The van der Waals surface area contributed by atoms with Crippen LogP contribution in [0.25, 0.3) is 0 Å². The van der Waals surface area contributed by atoms with Gasteiger partial charge in [0.05, 0.1) is 12.7 Å². The van der Waals surface area contributed by atoms with Crippen molar-refractivity contribution in [1.29, 1.82) is 0 Å². The number of aliphatic hydroxyl groups is 6. The van der Waals surface area contributed by atoms with Gasteiger partial charge in [-0.2, -0.15) is 0 Å². The normalized spacial score (nSPS) is 23.0. The number of phosphoric acid groups is 1. The monoisotopic (exact) mass is 899 g/mol. The summed E-state index contributed by atoms with van der Waals surface area (Å²) in [6, 6.07) is 0. The maximum Gasteiger partial charge on any atom is 0.472 e. The van der Waals surface area contributed by atoms with Crippen molar-refractivity contribution in [1.82, 2.24) is 0 Å². The van der Waals surface area contributed by atoms with Crippen molar-refractivity contribution < 1.29 is 68.2 Å². The van der Waals surface area contributed by atoms with E-state index in [1.54, 1.807) is 12.2 Å². The third-order valence-corrected chi connectivity index (χ3v) is 11.1. The molecule has 0 aliphatic heterocycles. The van der Waals surface area contributed by atoms with E-state index in [0.717, 1.165) is 51.4 Å². The minimum absolute atomic E-state index is 0.0517. The highest BCUT2D eigenvalue weighted by Gasteiger charge is 2.51. The quantitative estimate of drug-likeness (QED) is 0.0105. The third-order valence-electron chi connectivity index (χ3n) is 10.1. The van der Waals surface area contributed by atoms with Crippen molar-refractivity contribution >= 4 is 19.8 Å². The van der Waals surface area contributed by atoms with Crippen LogP contribution in [0.5, 0.6) is 0 Å². The Balaban J connectivity index is 2.55. The summed E-state index contributed by atoms with van der Waals surface area (Å²) in [6.07, 6.45) is 28.4. The van der Waals surface area contributed by atoms with Crippen molar-refractivity contribution in [3.05, 3.63) is 72.9 Å². The van der Waals surface area contributed by atoms with Gasteiger partial charge in [0.2, 0.25) is 0 Å². The van der Waals surface area contributed by atoms with Gasteiger partial charge in [-0.25, -0.2) is 4.57 Å². The first kappa shape index (κ1) is 57.3. The summed E-state index contributed by atoms with van der Waals surface area (Å²) < 4.78 is 33.4. The van der Waals surface area contributed by atoms with Crippen LogP contribution in [0.3, 0.4) is 0 Å². The Morgan fingerprint density at radius 3 is 1.79 bits per heavy atom. The van der Waals surface area contributed by atoms with Crippen molar-refractivity contribution in [3.8, 4) is 0 Å². The lowest BCUT2D eigenvalue weighted by Crippen LogP contribution is -2.64. The van der Waals surface area contributed by atoms with E-state index >= 15 is 0 Å². The van der Waals surface area contributed by atoms with Crippen molar-refractivity contribution in [2.45, 2.75) is 198 Å². The molecule has 0 heterocycles. The summed E-state index contributed by atoms with van der Waals surface area (Å²) in [5, 5.41) is 60.1. The van der Waals surface area contributed by atoms with Crippen LogP contribution in [-0.4, -0.2) is 110 Å². The zero-order valence-corrected chi connectivity index (χ0v) is 38.1. The van der Waals surface area contributed by atoms with Gasteiger partial charge in [0.15, 0.2) is 6.10 Å². The second kappa shape index (κ2) is 36.6. The van der Waals surface area contributed by atoms with E-state index in [-0.39, 0.29) is 12.8 Å². The van der Waals surface area contributed by atoms with Crippen molar-refractivity contribution in [3.63, 3.8) is 0 Å². The maximum atomic E-state index is 12.8. The molecule has 0 saturated heterocycles. The van der Waals surface area contributed by atoms with Gasteiger partial charge in [0.25, 0.3) is 0 Å². The van der Waals surface area contributed by atoms with Crippen LogP contribution < -0.4 is 0 Å². The van der Waals surface area contributed by atoms with Gasteiger partial charge in [0, 0.05) is 12.8 Å². The molecule has 4 unspecified atom stereocenters. The standard InChI is InChI=1S/C47H79O14P/c1-3-5-7-9-11-12-13-14-15-16-17-18-23-27-31-35-41(50)60-39(37-59-62(56,57)61-47-45(54)43(52)42(51)44(53)46(47)55)36-58-40(49)34-30-26-22-20-19-21-25-29-33-38(48)32-28-24-10-8-6-4-2/h6,8,14-15,20-22,24-25,28-29,33,38-39,42-48,51-55H,3-5,7,9-13,16-19,23,26-27,30-32,34-37H2,1-2H3,(H,56,57)/b8-6-,15-14-,22-20-,25-21-,28-24-,33-29+/t38?,39-,42?,43-,44+,45-,46-,47?/m1/s1. The van der Waals surface area contributed by atoms with Crippen LogP contribution in [0.15, 0.2) is 72.9 Å². The molecule has 356 valence electrons. The summed E-state index contributed by atoms with van der Waals surface area (Å²) in [6.45, 7) is 3.03. The second-order valence-corrected chi connectivity index (χ2v) is 17.1. The molecule has 15 heteroatoms. The predicted octanol–water partition coefficient (Wildman–Crippen LogP) is 7.69. The van der Waals surface area contributed by atoms with Crippen LogP contribution in [0.4, 0.5) is 0 Å². The van der Waals surface area contributed by atoms with Gasteiger partial charge >= 0.3 is 19.8 Å². The molecule has 7 N–H and O–H groups in total. The minimum Gasteiger partial charge on any atom is -0.462 e. The van der Waals surface area contributed by atoms with Crippen LogP contribution in [-0.2, 0) is 32.7 Å². The summed E-state index contributed by atoms with van der Waals surface area (Å²) in [4.78, 5) is 35.7. The number of hydrogen-bond acceptors (Lipinski definition) is 13. The first-order chi connectivity index (χ1) is 29.8. The largest absolute Gasteiger partial charge is 0.472 e. The molecule has 0 bridgehead atoms. The number of allylic oxidation sites excluding steroid dienone is 10. The fraction of sp³-hybridized carbons (Fsp3) is 0.702. The van der Waals surface area contributed by atoms with Gasteiger partial charge in [-0.15, -0.1) is 0 Å². The highest BCUT2D eigenvalue weighted by atomic mass is 31.2. The van der Waals surface area contributed by atoms with E-state index in [9.17, 15) is 49.7 Å². The Kier molecular flexibility index (Phi) is 33.8. The SMILES string of the molecule is CC/C=C\C/C=C\CC(O)/C=C/C=C\C/C=C\CCCC(=O)OC[C@H](COP(=O)(O)OC1[C@H](O)[C@H](O)C(O)[C@H](O)[C@H]1O)OC(=O)CCCCCCC/C=C\CCCCCCCC. The Labute approximate surface area is 370 Å². The van der Waals surface area contributed by atoms with Gasteiger partial charge in [0.1, 0.15) is 43.2 Å². The second-order valence-electron chi connectivity index (χ2n) is 15.7. The summed E-state index contributed by atoms with van der Waals surface area (Å²) in [5.74, 6) is -1.22. The van der Waals surface area contributed by atoms with Crippen LogP contribution in [0.2, 0.25) is 0 Å². The Morgan fingerprint density at radius 2 is 1.13 bits per heavy atom. The van der Waals surface area contributed by atoms with E-state index in [1.165, 1.54) is 38.5 Å². The molecule has 14 nitrogen and oxygen atoms in total. The van der Waals surface area contributed by atoms with Gasteiger partial charge in [-0.3, -0.25) is 18.6 Å². The summed E-state index contributed by atoms with van der Waals surface area (Å²) >= 11 is 0. The van der Waals surface area contributed by atoms with E-state index in [0.29, 0.717) is 32.1 Å². The number of esters is 2. The molecule has 0 amide bonds. The average molecular weight is 899 g/mol. The average Bonchev–Trinajstić information content (AvgIpc) is 3.25. The zero-order valence-electron chi connectivity index (χ0n) is 37.2. The number of aliphatic hydroxyl groups excluding tert-OH is 6. The van der Waals surface area contributed by atoms with E-state index in [2.05, 4.69) is 38.2 Å². The van der Waals surface area contributed by atoms with Gasteiger partial charge in [-0.1, -0.05) is 138 Å². The summed E-state index contributed by atoms with van der Waals surface area (Å²) in [7, 11) is -5.15. The first-order valence-electron chi connectivity index (χ1n) is 22.8. The molecule has 1 aliphatic carbocycles. The molecule has 0 aromatic heterocycles. The molecule has 0 radical (unpaired) electrons. The maximum absolute atomic E-state index is 12.8. The molecule has 62 heavy (non-hydrogen) atoms. The summed E-state index contributed by atoms with van der Waals surface area (Å²) in [5.41, 5.74) is 0. The van der Waals surface area contributed by atoms with E-state index in [1.807, 2.05) is 36.5 Å². The molecule has 0 spiro atoms. The third kappa shape index (κ3) is 28.8. The van der Waals surface area contributed by atoms with Crippen molar-refractivity contribution in [2.75, 3.05) is 13.2 Å². The van der Waals surface area contributed by atoms with Crippen LogP contribution >= 0.6 is 7.82 Å². The van der Waals surface area contributed by atoms with Gasteiger partial charge in [-0.05, 0) is 70.6 Å². The van der Waals surface area contributed by atoms with Crippen LogP contribution in [0, 0.1) is 0 Å². The number of hydrogen-bond donors (Lipinski definition) is 7. The number of unbranched alkanes of at least 4 members (excludes halogenated alkanes) is 12. The Morgan fingerprint density at radius 1 is 0.597 bits per heavy atom. The molecule has 1 fully saturated rings. The fourth-order valence-electron chi connectivity index (χ4n) is 6.40. The lowest BCUT2D eigenvalue weighted by Gasteiger charge is -2.41. The Bertz CT molecular complexity index is 1380. The number of phosphoric ester groups is 1. The van der Waals surface area contributed by atoms with Gasteiger partial charge < -0.3 is 45.0 Å². The number of carbonyl (C=O) groups excluding carboxylic acids is 2. The smallest absolute Gasteiger partial charge is 0.462 e.